The van der Waals surface area contributed by atoms with E-state index in [2.05, 4.69) is 26.3 Å². The molecule has 0 radical (unpaired) electrons. The number of carboxylic acids is 1. The summed E-state index contributed by atoms with van der Waals surface area (Å²) in [5.41, 5.74) is -0.952. The summed E-state index contributed by atoms with van der Waals surface area (Å²) in [7, 11) is 0. The number of nitrogens with zero attached hydrogens (tertiary/aromatic N) is 2. The second-order valence-electron chi connectivity index (χ2n) is 4.41. The highest BCUT2D eigenvalue weighted by Crippen LogP contribution is 2.23. The number of carboxylic acid groups (broad SMARTS) is 1. The van der Waals surface area contributed by atoms with Crippen LogP contribution in [0.25, 0.3) is 0 Å². The lowest BCUT2D eigenvalue weighted by molar-refractivity contribution is -0.145. The Kier molecular flexibility index (Phi) is 3.03. The molecule has 2 N–H and O–H groups in total. The Bertz CT molecular complexity index is 403. The first-order valence-electron chi connectivity index (χ1n) is 5.19. The van der Waals surface area contributed by atoms with E-state index in [1.807, 2.05) is 0 Å². The summed E-state index contributed by atoms with van der Waals surface area (Å²) in [4.78, 5) is 11.3. The molecule has 1 saturated carbocycles. The first kappa shape index (κ1) is 11.6. The number of aliphatic carboxylic acids is 1. The van der Waals surface area contributed by atoms with E-state index in [1.165, 1.54) is 0 Å². The van der Waals surface area contributed by atoms with E-state index in [0.717, 1.165) is 17.3 Å². The Balaban J connectivity index is 2.09. The van der Waals surface area contributed by atoms with E-state index < -0.39 is 11.5 Å². The molecule has 1 aliphatic carbocycles. The molecule has 1 heterocycles. The summed E-state index contributed by atoms with van der Waals surface area (Å²) < 4.78 is 2.49. The van der Waals surface area contributed by atoms with E-state index in [-0.39, 0.29) is 0 Å². The molecule has 88 valence electrons. The number of nitrogens with one attached hydrogen (secondary N) is 1. The van der Waals surface area contributed by atoms with Crippen molar-refractivity contribution in [2.24, 2.45) is 0 Å². The minimum Gasteiger partial charge on any atom is -0.480 e. The number of hydrogen-bond acceptors (Lipinski definition) is 3. The topological polar surface area (TPSA) is 67.2 Å². The van der Waals surface area contributed by atoms with Gasteiger partial charge >= 0.3 is 5.97 Å². The highest BCUT2D eigenvalue weighted by Gasteiger charge is 2.39. The molecule has 1 aromatic rings. The fraction of sp³-hybridized carbons (Fsp3) is 0.600. The first-order valence-corrected chi connectivity index (χ1v) is 5.98. The molecule has 0 aromatic carbocycles. The van der Waals surface area contributed by atoms with Crippen LogP contribution in [-0.4, -0.2) is 32.4 Å². The van der Waals surface area contributed by atoms with Gasteiger partial charge in [0, 0.05) is 12.2 Å². The fourth-order valence-corrected chi connectivity index (χ4v) is 1.93. The van der Waals surface area contributed by atoms with Crippen LogP contribution in [0.4, 0.5) is 0 Å². The second kappa shape index (κ2) is 4.18. The predicted molar refractivity (Wildman–Crippen MR) is 62.1 cm³/mol. The van der Waals surface area contributed by atoms with Crippen molar-refractivity contribution >= 4 is 21.9 Å². The molecule has 5 nitrogen and oxygen atoms in total. The average Bonchev–Trinajstić information content (AvgIpc) is 2.89. The van der Waals surface area contributed by atoms with Gasteiger partial charge < -0.3 is 5.11 Å². The van der Waals surface area contributed by atoms with Crippen molar-refractivity contribution in [3.8, 4) is 0 Å². The number of carbonyl (C=O) groups is 1. The predicted octanol–water partition coefficient (Wildman–Crippen LogP) is 1.24. The molecule has 6 heteroatoms. The maximum atomic E-state index is 11.3. The van der Waals surface area contributed by atoms with Gasteiger partial charge in [0.05, 0.1) is 17.2 Å². The number of halogens is 1. The number of hydrogen-bond donors (Lipinski definition) is 2. The highest BCUT2D eigenvalue weighted by atomic mass is 79.9. The molecule has 1 fully saturated rings. The van der Waals surface area contributed by atoms with Gasteiger partial charge in [-0.3, -0.25) is 14.8 Å². The standard InChI is InChI=1S/C10H14BrN3O2/c1-10(9(15)16,13-8-2-3-8)6-14-5-7(11)4-12-14/h4-5,8,13H,2-3,6H2,1H3,(H,15,16). The van der Waals surface area contributed by atoms with Crippen LogP contribution >= 0.6 is 15.9 Å². The third kappa shape index (κ3) is 2.62. The van der Waals surface area contributed by atoms with Crippen molar-refractivity contribution in [3.05, 3.63) is 16.9 Å². The molecule has 0 bridgehead atoms. The van der Waals surface area contributed by atoms with Crippen molar-refractivity contribution in [2.75, 3.05) is 0 Å². The van der Waals surface area contributed by atoms with Gasteiger partial charge in [-0.25, -0.2) is 0 Å². The molecular formula is C10H14BrN3O2. The van der Waals surface area contributed by atoms with Crippen molar-refractivity contribution in [3.63, 3.8) is 0 Å². The van der Waals surface area contributed by atoms with Crippen molar-refractivity contribution in [1.29, 1.82) is 0 Å². The molecular weight excluding hydrogens is 274 g/mol. The Morgan fingerprint density at radius 3 is 2.94 bits per heavy atom. The lowest BCUT2D eigenvalue weighted by Crippen LogP contribution is -2.53. The SMILES string of the molecule is CC(Cn1cc(Br)cn1)(NC1CC1)C(=O)O. The quantitative estimate of drug-likeness (QED) is 0.855. The summed E-state index contributed by atoms with van der Waals surface area (Å²) >= 11 is 3.29. The maximum Gasteiger partial charge on any atom is 0.325 e. The van der Waals surface area contributed by atoms with Gasteiger partial charge in [0.2, 0.25) is 0 Å². The smallest absolute Gasteiger partial charge is 0.325 e. The van der Waals surface area contributed by atoms with Crippen LogP contribution < -0.4 is 5.32 Å². The minimum atomic E-state index is -0.952. The lowest BCUT2D eigenvalue weighted by Gasteiger charge is -2.26. The van der Waals surface area contributed by atoms with Gasteiger partial charge in [-0.2, -0.15) is 5.10 Å². The van der Waals surface area contributed by atoms with Crippen molar-refractivity contribution in [1.82, 2.24) is 15.1 Å². The van der Waals surface area contributed by atoms with Gasteiger partial charge in [-0.05, 0) is 35.7 Å². The molecule has 0 spiro atoms. The maximum absolute atomic E-state index is 11.3. The zero-order valence-electron chi connectivity index (χ0n) is 8.98. The van der Waals surface area contributed by atoms with Crippen LogP contribution in [0.1, 0.15) is 19.8 Å². The molecule has 1 aromatic heterocycles. The van der Waals surface area contributed by atoms with Gasteiger partial charge in [-0.15, -0.1) is 0 Å². The Labute approximate surface area is 102 Å². The van der Waals surface area contributed by atoms with E-state index >= 15 is 0 Å². The second-order valence-corrected chi connectivity index (χ2v) is 5.33. The zero-order chi connectivity index (χ0) is 11.8. The van der Waals surface area contributed by atoms with Crippen LogP contribution in [-0.2, 0) is 11.3 Å². The van der Waals surface area contributed by atoms with E-state index in [4.69, 9.17) is 0 Å². The van der Waals surface area contributed by atoms with Crippen LogP contribution in [0.2, 0.25) is 0 Å². The van der Waals surface area contributed by atoms with Gasteiger partial charge in [0.1, 0.15) is 5.54 Å². The molecule has 0 amide bonds. The molecule has 2 rings (SSSR count). The van der Waals surface area contributed by atoms with Crippen LogP contribution in [0, 0.1) is 0 Å². The van der Waals surface area contributed by atoms with E-state index in [1.54, 1.807) is 24.0 Å². The molecule has 0 aliphatic heterocycles. The summed E-state index contributed by atoms with van der Waals surface area (Å²) in [6.07, 6.45) is 5.55. The minimum absolute atomic E-state index is 0.324. The van der Waals surface area contributed by atoms with Gasteiger partial charge in [0.15, 0.2) is 0 Å². The molecule has 0 saturated heterocycles. The number of rotatable bonds is 5. The molecule has 1 aliphatic rings. The summed E-state index contributed by atoms with van der Waals surface area (Å²) in [5, 5.41) is 16.5. The average molecular weight is 288 g/mol. The first-order chi connectivity index (χ1) is 7.49. The molecule has 16 heavy (non-hydrogen) atoms. The highest BCUT2D eigenvalue weighted by molar-refractivity contribution is 9.10. The Morgan fingerprint density at radius 1 is 1.81 bits per heavy atom. The summed E-state index contributed by atoms with van der Waals surface area (Å²) in [6, 6.07) is 0.347. The van der Waals surface area contributed by atoms with E-state index in [9.17, 15) is 9.90 Å². The normalized spacial score (nSPS) is 19.4. The van der Waals surface area contributed by atoms with Crippen LogP contribution in [0.15, 0.2) is 16.9 Å². The lowest BCUT2D eigenvalue weighted by atomic mass is 10.0. The number of aromatic nitrogens is 2. The zero-order valence-corrected chi connectivity index (χ0v) is 10.6. The third-order valence-corrected chi connectivity index (χ3v) is 3.06. The molecule has 1 atom stereocenters. The van der Waals surface area contributed by atoms with Crippen LogP contribution in [0.5, 0.6) is 0 Å². The van der Waals surface area contributed by atoms with Crippen molar-refractivity contribution < 1.29 is 9.90 Å². The largest absolute Gasteiger partial charge is 0.480 e. The van der Waals surface area contributed by atoms with Gasteiger partial charge in [0.25, 0.3) is 0 Å². The third-order valence-electron chi connectivity index (χ3n) is 2.65. The molecule has 1 unspecified atom stereocenters. The van der Waals surface area contributed by atoms with Gasteiger partial charge in [-0.1, -0.05) is 0 Å². The Morgan fingerprint density at radius 2 is 2.50 bits per heavy atom. The van der Waals surface area contributed by atoms with Crippen molar-refractivity contribution in [2.45, 2.75) is 37.9 Å². The van der Waals surface area contributed by atoms with Crippen LogP contribution in [0.3, 0.4) is 0 Å². The van der Waals surface area contributed by atoms with E-state index in [0.29, 0.717) is 12.6 Å². The Hall–Kier alpha value is -0.880. The fourth-order valence-electron chi connectivity index (χ4n) is 1.60. The summed E-state index contributed by atoms with van der Waals surface area (Å²) in [5.74, 6) is -0.842. The summed E-state index contributed by atoms with van der Waals surface area (Å²) in [6.45, 7) is 2.02. The monoisotopic (exact) mass is 287 g/mol.